The fourth-order valence-corrected chi connectivity index (χ4v) is 5.88. The summed E-state index contributed by atoms with van der Waals surface area (Å²) in [6.45, 7) is 10.3. The summed E-state index contributed by atoms with van der Waals surface area (Å²) in [4.78, 5) is 27.3. The lowest BCUT2D eigenvalue weighted by Gasteiger charge is -2.45. The maximum absolute atomic E-state index is 13.8. The van der Waals surface area contributed by atoms with E-state index in [-0.39, 0.29) is 36.0 Å². The molecular formula is C24H37NO5. The number of amides is 1. The highest BCUT2D eigenvalue weighted by Crippen LogP contribution is 2.55. The molecule has 2 aliphatic carbocycles. The Hall–Kier alpha value is -1.50. The molecular weight excluding hydrogens is 382 g/mol. The van der Waals surface area contributed by atoms with E-state index in [1.165, 1.54) is 5.57 Å². The summed E-state index contributed by atoms with van der Waals surface area (Å²) in [7, 11) is 0. The summed E-state index contributed by atoms with van der Waals surface area (Å²) in [5.41, 5.74) is 0.834. The van der Waals surface area contributed by atoms with Gasteiger partial charge in [-0.1, -0.05) is 44.1 Å². The van der Waals surface area contributed by atoms with Gasteiger partial charge in [-0.3, -0.25) is 9.59 Å². The maximum Gasteiger partial charge on any atom is 0.235 e. The van der Waals surface area contributed by atoms with Gasteiger partial charge >= 0.3 is 0 Å². The molecule has 1 saturated heterocycles. The Morgan fingerprint density at radius 2 is 1.80 bits per heavy atom. The molecule has 0 radical (unpaired) electrons. The number of hydrogen-bond donors (Lipinski definition) is 4. The monoisotopic (exact) mass is 419 g/mol. The summed E-state index contributed by atoms with van der Waals surface area (Å²) in [6.07, 6.45) is 1.35. The van der Waals surface area contributed by atoms with Gasteiger partial charge in [-0.15, -0.1) is 0 Å². The Kier molecular flexibility index (Phi) is 6.61. The first-order valence-electron chi connectivity index (χ1n) is 11.2. The molecule has 4 N–H and O–H groups in total. The van der Waals surface area contributed by atoms with Crippen LogP contribution in [-0.2, 0) is 9.59 Å². The van der Waals surface area contributed by atoms with E-state index in [0.29, 0.717) is 18.8 Å². The van der Waals surface area contributed by atoms with Crippen LogP contribution in [0.5, 0.6) is 0 Å². The van der Waals surface area contributed by atoms with Gasteiger partial charge in [0.25, 0.3) is 0 Å². The van der Waals surface area contributed by atoms with Gasteiger partial charge < -0.3 is 20.6 Å². The summed E-state index contributed by atoms with van der Waals surface area (Å²) < 4.78 is 0. The summed E-state index contributed by atoms with van der Waals surface area (Å²) in [5.74, 6) is -0.827. The van der Waals surface area contributed by atoms with Crippen LogP contribution in [0.2, 0.25) is 0 Å². The van der Waals surface area contributed by atoms with Crippen molar-refractivity contribution in [3.8, 4) is 0 Å². The average Bonchev–Trinajstić information content (AvgIpc) is 2.94. The van der Waals surface area contributed by atoms with Crippen LogP contribution < -0.4 is 5.32 Å². The first-order valence-corrected chi connectivity index (χ1v) is 11.2. The molecule has 0 aromatic carbocycles. The zero-order valence-electron chi connectivity index (χ0n) is 18.8. The van der Waals surface area contributed by atoms with Gasteiger partial charge in [0.2, 0.25) is 5.91 Å². The van der Waals surface area contributed by atoms with Gasteiger partial charge in [0.05, 0.1) is 12.2 Å². The molecule has 1 amide bonds. The highest BCUT2D eigenvalue weighted by molar-refractivity contribution is 6.09. The molecule has 0 saturated carbocycles. The number of Topliss-reactive ketones (excluding diaryl/α,β-unsaturated/α-hetero) is 1. The minimum absolute atomic E-state index is 0.0411. The third kappa shape index (κ3) is 3.78. The Morgan fingerprint density at radius 3 is 2.43 bits per heavy atom. The lowest BCUT2D eigenvalue weighted by Crippen LogP contribution is -2.53. The smallest absolute Gasteiger partial charge is 0.235 e. The van der Waals surface area contributed by atoms with Crippen LogP contribution in [0.3, 0.4) is 0 Å². The van der Waals surface area contributed by atoms with Crippen molar-refractivity contribution in [2.75, 3.05) is 0 Å². The summed E-state index contributed by atoms with van der Waals surface area (Å²) in [6, 6.07) is -0.117. The van der Waals surface area contributed by atoms with Crippen LogP contribution in [0.15, 0.2) is 23.3 Å². The number of aliphatic hydroxyl groups excluding tert-OH is 3. The standard InChI is InChI=1S/C24H37NO5/c1-12(2)8-17-21-15(5)14(4)10-16-9-13(3)6-7-18(26)22(29)19(27)11-20(28)24(16,21)23(30)25-17/h9-10,12,15-19,21-22,26-27,29H,6-8,11H2,1-5H3,(H,25,30)/b13-9-/t15-,16+,17-,18+,19-,21+,22-,24-/m0/s1. The summed E-state index contributed by atoms with van der Waals surface area (Å²) >= 11 is 0. The topological polar surface area (TPSA) is 107 Å². The van der Waals surface area contributed by atoms with Gasteiger partial charge in [-0.25, -0.2) is 0 Å². The zero-order valence-corrected chi connectivity index (χ0v) is 18.8. The van der Waals surface area contributed by atoms with E-state index in [1.807, 2.05) is 19.1 Å². The predicted molar refractivity (Wildman–Crippen MR) is 114 cm³/mol. The molecule has 6 heteroatoms. The number of ketones is 1. The van der Waals surface area contributed by atoms with Crippen molar-refractivity contribution >= 4 is 11.7 Å². The molecule has 0 bridgehead atoms. The Labute approximate surface area is 179 Å². The molecule has 6 nitrogen and oxygen atoms in total. The zero-order chi connectivity index (χ0) is 22.4. The molecule has 168 valence electrons. The van der Waals surface area contributed by atoms with Gasteiger partial charge in [0.1, 0.15) is 11.5 Å². The van der Waals surface area contributed by atoms with E-state index < -0.39 is 29.6 Å². The molecule has 0 aromatic heterocycles. The molecule has 30 heavy (non-hydrogen) atoms. The van der Waals surface area contributed by atoms with Crippen molar-refractivity contribution < 1.29 is 24.9 Å². The van der Waals surface area contributed by atoms with E-state index in [2.05, 4.69) is 33.0 Å². The fourth-order valence-electron chi connectivity index (χ4n) is 5.88. The first-order chi connectivity index (χ1) is 14.0. The Balaban J connectivity index is 2.18. The molecule has 1 spiro atoms. The minimum Gasteiger partial charge on any atom is -0.390 e. The number of hydrogen-bond acceptors (Lipinski definition) is 5. The SMILES string of the molecule is CC1=C[C@H]2/C=C(/C)CC[C@@H](O)[C@H](O)[C@@H](O)CC(=O)[C@@]23C(=O)N[C@@H](CC(C)C)[C@H]3[C@H]1C. The van der Waals surface area contributed by atoms with Gasteiger partial charge in [0, 0.05) is 24.3 Å². The number of rotatable bonds is 2. The van der Waals surface area contributed by atoms with E-state index >= 15 is 0 Å². The van der Waals surface area contributed by atoms with Crippen molar-refractivity contribution in [1.29, 1.82) is 0 Å². The molecule has 0 aromatic rings. The lowest BCUT2D eigenvalue weighted by molar-refractivity contribution is -0.148. The second-order valence-electron chi connectivity index (χ2n) is 10.1. The molecule has 3 aliphatic rings. The fraction of sp³-hybridized carbons (Fsp3) is 0.750. The largest absolute Gasteiger partial charge is 0.390 e. The normalized spacial score (nSPS) is 44.4. The quantitative estimate of drug-likeness (QED) is 0.405. The van der Waals surface area contributed by atoms with Crippen LogP contribution in [0.1, 0.15) is 60.3 Å². The maximum atomic E-state index is 13.8. The van der Waals surface area contributed by atoms with Crippen molar-refractivity contribution in [1.82, 2.24) is 5.32 Å². The van der Waals surface area contributed by atoms with E-state index in [4.69, 9.17) is 0 Å². The number of nitrogens with one attached hydrogen (secondary N) is 1. The lowest BCUT2D eigenvalue weighted by atomic mass is 9.54. The van der Waals surface area contributed by atoms with Gasteiger partial charge in [0.15, 0.2) is 5.78 Å². The van der Waals surface area contributed by atoms with Crippen molar-refractivity contribution in [3.05, 3.63) is 23.3 Å². The molecule has 1 aliphatic heterocycles. The predicted octanol–water partition coefficient (Wildman–Crippen LogP) is 2.13. The van der Waals surface area contributed by atoms with Crippen molar-refractivity contribution in [3.63, 3.8) is 0 Å². The van der Waals surface area contributed by atoms with Crippen LogP contribution in [0.4, 0.5) is 0 Å². The van der Waals surface area contributed by atoms with Crippen molar-refractivity contribution in [2.45, 2.75) is 84.7 Å². The number of carbonyl (C=O) groups is 2. The Bertz CT molecular complexity index is 757. The molecule has 1 fully saturated rings. The second-order valence-corrected chi connectivity index (χ2v) is 10.1. The van der Waals surface area contributed by atoms with Gasteiger partial charge in [-0.05, 0) is 44.9 Å². The number of allylic oxidation sites excluding steroid dienone is 4. The highest BCUT2D eigenvalue weighted by atomic mass is 16.4. The van der Waals surface area contributed by atoms with Crippen LogP contribution in [-0.4, -0.2) is 51.4 Å². The third-order valence-corrected chi connectivity index (χ3v) is 7.54. The number of carbonyl (C=O) groups excluding carboxylic acids is 2. The highest BCUT2D eigenvalue weighted by Gasteiger charge is 2.65. The Morgan fingerprint density at radius 1 is 1.13 bits per heavy atom. The van der Waals surface area contributed by atoms with Gasteiger partial charge in [-0.2, -0.15) is 0 Å². The molecule has 1 heterocycles. The van der Waals surface area contributed by atoms with Crippen LogP contribution >= 0.6 is 0 Å². The van der Waals surface area contributed by atoms with Crippen molar-refractivity contribution in [2.24, 2.45) is 29.1 Å². The van der Waals surface area contributed by atoms with E-state index in [9.17, 15) is 24.9 Å². The first kappa shape index (κ1) is 23.2. The van der Waals surface area contributed by atoms with Crippen LogP contribution in [0, 0.1) is 29.1 Å². The number of aliphatic hydroxyl groups is 3. The molecule has 0 unspecified atom stereocenters. The third-order valence-electron chi connectivity index (χ3n) is 7.54. The molecule has 8 atom stereocenters. The average molecular weight is 420 g/mol. The minimum atomic E-state index is -1.41. The van der Waals surface area contributed by atoms with E-state index in [1.54, 1.807) is 0 Å². The molecule has 3 rings (SSSR count). The second kappa shape index (κ2) is 8.56. The summed E-state index contributed by atoms with van der Waals surface area (Å²) in [5, 5.41) is 34.3. The van der Waals surface area contributed by atoms with E-state index in [0.717, 1.165) is 12.0 Å². The van der Waals surface area contributed by atoms with Crippen LogP contribution in [0.25, 0.3) is 0 Å².